The number of rotatable bonds is 4. The number of fused-ring (bicyclic) bond motifs is 1. The Morgan fingerprint density at radius 1 is 1.19 bits per heavy atom. The first kappa shape index (κ1) is 21.2. The van der Waals surface area contributed by atoms with Crippen molar-refractivity contribution in [1.29, 1.82) is 0 Å². The Morgan fingerprint density at radius 2 is 1.91 bits per heavy atom. The topological polar surface area (TPSA) is 61.6 Å². The van der Waals surface area contributed by atoms with Crippen molar-refractivity contribution >= 4 is 27.2 Å². The van der Waals surface area contributed by atoms with Crippen LogP contribution in [-0.4, -0.2) is 58.4 Å². The molecule has 0 spiro atoms. The van der Waals surface area contributed by atoms with Crippen LogP contribution in [0.1, 0.15) is 31.1 Å². The molecule has 1 N–H and O–H groups in total. The van der Waals surface area contributed by atoms with Gasteiger partial charge in [-0.25, -0.2) is 4.98 Å². The summed E-state index contributed by atoms with van der Waals surface area (Å²) in [5.74, 6) is 6.29. The summed E-state index contributed by atoms with van der Waals surface area (Å²) in [4.78, 5) is 23.0. The molecule has 2 aliphatic rings. The summed E-state index contributed by atoms with van der Waals surface area (Å²) in [6, 6.07) is 10.5. The van der Waals surface area contributed by atoms with Gasteiger partial charge in [-0.2, -0.15) is 0 Å². The van der Waals surface area contributed by atoms with E-state index in [-0.39, 0.29) is 11.5 Å². The van der Waals surface area contributed by atoms with Gasteiger partial charge < -0.3 is 14.9 Å². The number of benzene rings is 1. The number of anilines is 1. The summed E-state index contributed by atoms with van der Waals surface area (Å²) in [7, 11) is 4.26. The summed E-state index contributed by atoms with van der Waals surface area (Å²) in [5.41, 5.74) is 1.57. The average molecular weight is 449 g/mol. The second kappa shape index (κ2) is 8.04. The largest absolute Gasteiger partial charge is 0.378 e. The van der Waals surface area contributed by atoms with Crippen LogP contribution in [-0.2, 0) is 0 Å². The molecular weight excluding hydrogens is 420 g/mol. The van der Waals surface area contributed by atoms with Gasteiger partial charge in [-0.1, -0.05) is 11.8 Å². The van der Waals surface area contributed by atoms with Gasteiger partial charge in [-0.3, -0.25) is 9.36 Å². The fourth-order valence-electron chi connectivity index (χ4n) is 4.32. The van der Waals surface area contributed by atoms with Crippen LogP contribution in [0.15, 0.2) is 41.5 Å². The lowest BCUT2D eigenvalue weighted by molar-refractivity contribution is 0.0980. The first-order chi connectivity index (χ1) is 15.3. The first-order valence-electron chi connectivity index (χ1n) is 11.1. The van der Waals surface area contributed by atoms with E-state index in [0.29, 0.717) is 16.3 Å². The number of likely N-dealkylation sites (N-methyl/N-ethyl adjacent to an activating group) is 1. The number of aromatic nitrogens is 2. The highest BCUT2D eigenvalue weighted by Crippen LogP contribution is 2.39. The van der Waals surface area contributed by atoms with Crippen LogP contribution < -0.4 is 10.5 Å². The number of hydrogen-bond donors (Lipinski definition) is 1. The lowest BCUT2D eigenvalue weighted by Crippen LogP contribution is -2.31. The Labute approximate surface area is 192 Å². The first-order valence-corrected chi connectivity index (χ1v) is 11.9. The Bertz CT molecular complexity index is 1260. The Morgan fingerprint density at radius 3 is 2.56 bits per heavy atom. The van der Waals surface area contributed by atoms with Crippen LogP contribution >= 0.6 is 11.3 Å². The zero-order chi connectivity index (χ0) is 22.5. The minimum Gasteiger partial charge on any atom is -0.378 e. The van der Waals surface area contributed by atoms with E-state index in [1.165, 1.54) is 17.0 Å². The van der Waals surface area contributed by atoms with Crippen LogP contribution in [0, 0.1) is 17.8 Å². The third kappa shape index (κ3) is 4.06. The SMILES string of the molecule is CN(C)[C@@H]1CCN(c2ccc(-n3cnc4cc(C#CC(C)(O)C5CC5)sc4c3=O)cc2)C1. The van der Waals surface area contributed by atoms with Crippen molar-refractivity contribution in [2.24, 2.45) is 5.92 Å². The van der Waals surface area contributed by atoms with E-state index in [1.54, 1.807) is 17.8 Å². The van der Waals surface area contributed by atoms with E-state index in [0.717, 1.165) is 42.9 Å². The van der Waals surface area contributed by atoms with Crippen molar-refractivity contribution in [1.82, 2.24) is 14.5 Å². The number of aliphatic hydroxyl groups is 1. The van der Waals surface area contributed by atoms with Crippen LogP contribution in [0.4, 0.5) is 5.69 Å². The summed E-state index contributed by atoms with van der Waals surface area (Å²) in [6.45, 7) is 3.83. The van der Waals surface area contributed by atoms with Gasteiger partial charge in [-0.05, 0) is 76.5 Å². The normalized spacial score (nSPS) is 20.4. The Balaban J connectivity index is 1.39. The molecule has 0 bridgehead atoms. The molecule has 1 aliphatic carbocycles. The number of hydrogen-bond acceptors (Lipinski definition) is 6. The van der Waals surface area contributed by atoms with Crippen LogP contribution in [0.25, 0.3) is 15.9 Å². The minimum atomic E-state index is -0.965. The molecule has 3 heterocycles. The second-order valence-electron chi connectivity index (χ2n) is 9.29. The molecule has 0 radical (unpaired) electrons. The predicted molar refractivity (Wildman–Crippen MR) is 130 cm³/mol. The van der Waals surface area contributed by atoms with Crippen LogP contribution in [0.3, 0.4) is 0 Å². The molecule has 5 rings (SSSR count). The van der Waals surface area contributed by atoms with Gasteiger partial charge in [0.25, 0.3) is 5.56 Å². The molecule has 1 saturated carbocycles. The summed E-state index contributed by atoms with van der Waals surface area (Å²) >= 11 is 1.34. The molecular formula is C25H28N4O2S. The maximum absolute atomic E-state index is 13.1. The van der Waals surface area contributed by atoms with E-state index in [1.807, 2.05) is 18.2 Å². The number of thiophene rings is 1. The Hall–Kier alpha value is -2.66. The van der Waals surface area contributed by atoms with Gasteiger partial charge in [-0.15, -0.1) is 11.3 Å². The smallest absolute Gasteiger partial charge is 0.275 e. The van der Waals surface area contributed by atoms with Crippen molar-refractivity contribution in [3.05, 3.63) is 51.9 Å². The summed E-state index contributed by atoms with van der Waals surface area (Å²) in [5, 5.41) is 10.4. The molecule has 2 atom stereocenters. The molecule has 32 heavy (non-hydrogen) atoms. The van der Waals surface area contributed by atoms with Crippen LogP contribution in [0.5, 0.6) is 0 Å². The Kier molecular flexibility index (Phi) is 5.32. The molecule has 1 aliphatic heterocycles. The molecule has 7 heteroatoms. The molecule has 3 aromatic rings. The van der Waals surface area contributed by atoms with Gasteiger partial charge in [0.05, 0.1) is 16.1 Å². The molecule has 0 amide bonds. The van der Waals surface area contributed by atoms with Crippen molar-refractivity contribution in [2.45, 2.75) is 37.8 Å². The molecule has 1 saturated heterocycles. The molecule has 166 valence electrons. The highest BCUT2D eigenvalue weighted by Gasteiger charge is 2.38. The van der Waals surface area contributed by atoms with Gasteiger partial charge >= 0.3 is 0 Å². The summed E-state index contributed by atoms with van der Waals surface area (Å²) in [6.07, 6.45) is 4.79. The predicted octanol–water partition coefficient (Wildman–Crippen LogP) is 3.10. The average Bonchev–Trinajstić information content (AvgIpc) is 3.37. The fourth-order valence-corrected chi connectivity index (χ4v) is 5.21. The lowest BCUT2D eigenvalue weighted by atomic mass is 10.0. The fraction of sp³-hybridized carbons (Fsp3) is 0.440. The standard InChI is InChI=1S/C25H28N4O2S/c1-25(31,17-4-5-17)12-10-21-14-22-23(32-21)24(30)29(16-26-22)19-8-6-18(7-9-19)28-13-11-20(15-28)27(2)3/h6-9,14,16-17,20,31H,4-5,11,13,15H2,1-3H3/t20-,25?/m1/s1. The quantitative estimate of drug-likeness (QED) is 0.622. The van der Waals surface area contributed by atoms with Gasteiger partial charge in [0.1, 0.15) is 16.6 Å². The number of nitrogens with zero attached hydrogens (tertiary/aromatic N) is 4. The third-order valence-corrected chi connectivity index (χ3v) is 7.66. The highest BCUT2D eigenvalue weighted by atomic mass is 32.1. The van der Waals surface area contributed by atoms with Crippen molar-refractivity contribution in [3.8, 4) is 17.5 Å². The molecule has 2 fully saturated rings. The zero-order valence-corrected chi connectivity index (χ0v) is 19.5. The van der Waals surface area contributed by atoms with E-state index >= 15 is 0 Å². The van der Waals surface area contributed by atoms with Gasteiger partial charge in [0.15, 0.2) is 0 Å². The van der Waals surface area contributed by atoms with Crippen molar-refractivity contribution in [3.63, 3.8) is 0 Å². The van der Waals surface area contributed by atoms with E-state index < -0.39 is 5.60 Å². The van der Waals surface area contributed by atoms with E-state index in [2.05, 4.69) is 52.9 Å². The maximum Gasteiger partial charge on any atom is 0.275 e. The zero-order valence-electron chi connectivity index (χ0n) is 18.7. The molecule has 1 aromatic carbocycles. The second-order valence-corrected chi connectivity index (χ2v) is 10.3. The molecule has 2 aromatic heterocycles. The van der Waals surface area contributed by atoms with Crippen molar-refractivity contribution in [2.75, 3.05) is 32.1 Å². The van der Waals surface area contributed by atoms with Gasteiger partial charge in [0.2, 0.25) is 0 Å². The molecule has 6 nitrogen and oxygen atoms in total. The summed E-state index contributed by atoms with van der Waals surface area (Å²) < 4.78 is 2.17. The van der Waals surface area contributed by atoms with Gasteiger partial charge in [0, 0.05) is 24.8 Å². The highest BCUT2D eigenvalue weighted by molar-refractivity contribution is 7.19. The van der Waals surface area contributed by atoms with E-state index in [9.17, 15) is 9.90 Å². The maximum atomic E-state index is 13.1. The monoisotopic (exact) mass is 448 g/mol. The third-order valence-electron chi connectivity index (χ3n) is 6.64. The lowest BCUT2D eigenvalue weighted by Gasteiger charge is -2.22. The van der Waals surface area contributed by atoms with Crippen molar-refractivity contribution < 1.29 is 5.11 Å². The van der Waals surface area contributed by atoms with E-state index in [4.69, 9.17) is 0 Å². The molecule has 1 unspecified atom stereocenters. The van der Waals surface area contributed by atoms with Crippen LogP contribution in [0.2, 0.25) is 0 Å². The minimum absolute atomic E-state index is 0.0939.